The largest absolute Gasteiger partial charge is 0.312 e. The first kappa shape index (κ1) is 10.1. The van der Waals surface area contributed by atoms with E-state index in [1.165, 1.54) is 0 Å². The maximum Gasteiger partial charge on any atom is 0.250 e. The number of aromatic nitrogens is 1. The van der Waals surface area contributed by atoms with Crippen molar-refractivity contribution in [3.8, 4) is 0 Å². The average Bonchev–Trinajstić information content (AvgIpc) is 2.23. The predicted molar refractivity (Wildman–Crippen MR) is 58.0 cm³/mol. The van der Waals surface area contributed by atoms with Gasteiger partial charge in [0.2, 0.25) is 0 Å². The standard InChI is InChI=1S/C12H15NO2/c1-9-2-7-12(15)13(8-9)10-3-5-11(14)6-4-10/h2,7-8,10H,3-6H2,1H3. The summed E-state index contributed by atoms with van der Waals surface area (Å²) in [5.74, 6) is 0.326. The average molecular weight is 205 g/mol. The van der Waals surface area contributed by atoms with E-state index >= 15 is 0 Å². The highest BCUT2D eigenvalue weighted by molar-refractivity contribution is 5.79. The molecular weight excluding hydrogens is 190 g/mol. The van der Waals surface area contributed by atoms with Crippen LogP contribution < -0.4 is 5.56 Å². The van der Waals surface area contributed by atoms with Crippen LogP contribution in [0.25, 0.3) is 0 Å². The summed E-state index contributed by atoms with van der Waals surface area (Å²) in [7, 11) is 0. The van der Waals surface area contributed by atoms with Crippen LogP contribution in [0.1, 0.15) is 37.3 Å². The van der Waals surface area contributed by atoms with Crippen LogP contribution in [0.5, 0.6) is 0 Å². The van der Waals surface area contributed by atoms with Gasteiger partial charge >= 0.3 is 0 Å². The van der Waals surface area contributed by atoms with Gasteiger partial charge in [0, 0.05) is 31.1 Å². The quantitative estimate of drug-likeness (QED) is 0.701. The Labute approximate surface area is 88.7 Å². The van der Waals surface area contributed by atoms with Crippen LogP contribution in [0, 0.1) is 6.92 Å². The second-order valence-electron chi connectivity index (χ2n) is 4.22. The molecule has 0 atom stereocenters. The number of nitrogens with zero attached hydrogens (tertiary/aromatic N) is 1. The van der Waals surface area contributed by atoms with Crippen molar-refractivity contribution >= 4 is 5.78 Å². The molecule has 3 nitrogen and oxygen atoms in total. The van der Waals surface area contributed by atoms with Gasteiger partial charge in [-0.15, -0.1) is 0 Å². The summed E-state index contributed by atoms with van der Waals surface area (Å²) in [5.41, 5.74) is 1.13. The molecule has 2 rings (SSSR count). The van der Waals surface area contributed by atoms with Crippen LogP contribution in [-0.2, 0) is 4.79 Å². The Morgan fingerprint density at radius 2 is 1.87 bits per heavy atom. The van der Waals surface area contributed by atoms with E-state index in [2.05, 4.69) is 0 Å². The minimum absolute atomic E-state index is 0.0416. The van der Waals surface area contributed by atoms with Crippen LogP contribution >= 0.6 is 0 Å². The summed E-state index contributed by atoms with van der Waals surface area (Å²) in [5, 5.41) is 0. The lowest BCUT2D eigenvalue weighted by molar-refractivity contribution is -0.120. The molecular formula is C12H15NO2. The fourth-order valence-corrected chi connectivity index (χ4v) is 2.10. The molecule has 1 aromatic heterocycles. The van der Waals surface area contributed by atoms with Crippen LogP contribution in [-0.4, -0.2) is 10.4 Å². The molecule has 0 aliphatic heterocycles. The summed E-state index contributed by atoms with van der Waals surface area (Å²) < 4.78 is 1.78. The number of aryl methyl sites for hydroxylation is 1. The van der Waals surface area contributed by atoms with Crippen LogP contribution in [0.2, 0.25) is 0 Å². The molecule has 15 heavy (non-hydrogen) atoms. The monoisotopic (exact) mass is 205 g/mol. The zero-order valence-electron chi connectivity index (χ0n) is 8.90. The van der Waals surface area contributed by atoms with Crippen LogP contribution in [0.15, 0.2) is 23.1 Å². The second kappa shape index (κ2) is 4.01. The number of ketones is 1. The van der Waals surface area contributed by atoms with E-state index in [4.69, 9.17) is 0 Å². The van der Waals surface area contributed by atoms with Crippen LogP contribution in [0.3, 0.4) is 0 Å². The Morgan fingerprint density at radius 3 is 2.53 bits per heavy atom. The lowest BCUT2D eigenvalue weighted by Crippen LogP contribution is -2.27. The van der Waals surface area contributed by atoms with E-state index in [1.54, 1.807) is 10.6 Å². The van der Waals surface area contributed by atoms with Gasteiger partial charge in [-0.05, 0) is 25.3 Å². The maximum absolute atomic E-state index is 11.6. The third-order valence-corrected chi connectivity index (χ3v) is 2.99. The Bertz CT molecular complexity index is 423. The van der Waals surface area contributed by atoms with Gasteiger partial charge in [0.25, 0.3) is 5.56 Å². The van der Waals surface area contributed by atoms with Crippen molar-refractivity contribution in [2.75, 3.05) is 0 Å². The SMILES string of the molecule is Cc1ccc(=O)n(C2CCC(=O)CC2)c1. The molecule has 0 saturated heterocycles. The second-order valence-corrected chi connectivity index (χ2v) is 4.22. The zero-order valence-corrected chi connectivity index (χ0v) is 8.90. The lowest BCUT2D eigenvalue weighted by Gasteiger charge is -2.23. The Balaban J connectivity index is 2.26. The van der Waals surface area contributed by atoms with Crippen molar-refractivity contribution in [2.24, 2.45) is 0 Å². The summed E-state index contributed by atoms with van der Waals surface area (Å²) in [6, 6.07) is 3.65. The van der Waals surface area contributed by atoms with Gasteiger partial charge in [0.15, 0.2) is 0 Å². The van der Waals surface area contributed by atoms with E-state index in [-0.39, 0.29) is 11.6 Å². The van der Waals surface area contributed by atoms with Gasteiger partial charge in [-0.1, -0.05) is 6.07 Å². The van der Waals surface area contributed by atoms with Crippen molar-refractivity contribution in [1.29, 1.82) is 0 Å². The number of Topliss-reactive ketones (excluding diaryl/α,β-unsaturated/α-hetero) is 1. The number of hydrogen-bond donors (Lipinski definition) is 0. The fourth-order valence-electron chi connectivity index (χ4n) is 2.10. The first-order valence-electron chi connectivity index (χ1n) is 5.37. The first-order chi connectivity index (χ1) is 7.16. The minimum Gasteiger partial charge on any atom is -0.312 e. The Kier molecular flexibility index (Phi) is 2.71. The fraction of sp³-hybridized carbons (Fsp3) is 0.500. The summed E-state index contributed by atoms with van der Waals surface area (Å²) >= 11 is 0. The van der Waals surface area contributed by atoms with Gasteiger partial charge in [-0.3, -0.25) is 9.59 Å². The Morgan fingerprint density at radius 1 is 1.20 bits per heavy atom. The molecule has 1 fully saturated rings. The summed E-state index contributed by atoms with van der Waals surface area (Å²) in [4.78, 5) is 22.7. The van der Waals surface area contributed by atoms with Gasteiger partial charge < -0.3 is 4.57 Å². The highest BCUT2D eigenvalue weighted by Crippen LogP contribution is 2.24. The molecule has 0 amide bonds. The Hall–Kier alpha value is -1.38. The molecule has 1 heterocycles. The molecule has 3 heteroatoms. The van der Waals surface area contributed by atoms with Crippen molar-refractivity contribution in [3.63, 3.8) is 0 Å². The van der Waals surface area contributed by atoms with Gasteiger partial charge in [0.1, 0.15) is 5.78 Å². The molecule has 1 aliphatic carbocycles. The molecule has 1 aromatic rings. The van der Waals surface area contributed by atoms with E-state index in [0.717, 1.165) is 18.4 Å². The summed E-state index contributed by atoms with van der Waals surface area (Å²) in [6.45, 7) is 1.98. The van der Waals surface area contributed by atoms with E-state index in [9.17, 15) is 9.59 Å². The predicted octanol–water partition coefficient (Wildman–Crippen LogP) is 1.84. The molecule has 0 radical (unpaired) electrons. The number of hydrogen-bond acceptors (Lipinski definition) is 2. The van der Waals surface area contributed by atoms with E-state index in [0.29, 0.717) is 18.6 Å². The highest BCUT2D eigenvalue weighted by atomic mass is 16.1. The van der Waals surface area contributed by atoms with Gasteiger partial charge in [-0.2, -0.15) is 0 Å². The van der Waals surface area contributed by atoms with Gasteiger partial charge in [-0.25, -0.2) is 0 Å². The van der Waals surface area contributed by atoms with E-state index < -0.39 is 0 Å². The lowest BCUT2D eigenvalue weighted by atomic mass is 9.94. The topological polar surface area (TPSA) is 39.1 Å². The summed E-state index contributed by atoms with van der Waals surface area (Å²) in [6.07, 6.45) is 4.74. The highest BCUT2D eigenvalue weighted by Gasteiger charge is 2.20. The number of carbonyl (C=O) groups excluding carboxylic acids is 1. The van der Waals surface area contributed by atoms with Crippen molar-refractivity contribution < 1.29 is 4.79 Å². The van der Waals surface area contributed by atoms with Crippen LogP contribution in [0.4, 0.5) is 0 Å². The molecule has 80 valence electrons. The smallest absolute Gasteiger partial charge is 0.250 e. The molecule has 0 bridgehead atoms. The normalized spacial score (nSPS) is 18.1. The van der Waals surface area contributed by atoms with Gasteiger partial charge in [0.05, 0.1) is 0 Å². The first-order valence-corrected chi connectivity index (χ1v) is 5.37. The third-order valence-electron chi connectivity index (χ3n) is 2.99. The van der Waals surface area contributed by atoms with Crippen molar-refractivity contribution in [1.82, 2.24) is 4.57 Å². The number of rotatable bonds is 1. The molecule has 0 unspecified atom stereocenters. The van der Waals surface area contributed by atoms with E-state index in [1.807, 2.05) is 19.2 Å². The molecule has 0 aromatic carbocycles. The molecule has 1 aliphatic rings. The zero-order chi connectivity index (χ0) is 10.8. The molecule has 1 saturated carbocycles. The minimum atomic E-state index is 0.0416. The van der Waals surface area contributed by atoms with Crippen molar-refractivity contribution in [3.05, 3.63) is 34.2 Å². The van der Waals surface area contributed by atoms with Crippen molar-refractivity contribution in [2.45, 2.75) is 38.6 Å². The third kappa shape index (κ3) is 2.17. The number of carbonyl (C=O) groups is 1. The number of pyridine rings is 1. The molecule has 0 N–H and O–H groups in total. The molecule has 0 spiro atoms. The maximum atomic E-state index is 11.6.